The van der Waals surface area contributed by atoms with Gasteiger partial charge in [0.1, 0.15) is 5.01 Å². The number of amides is 1. The average molecular weight is 398 g/mol. The third-order valence-electron chi connectivity index (χ3n) is 4.86. The van der Waals surface area contributed by atoms with Gasteiger partial charge in [-0.1, -0.05) is 36.4 Å². The number of likely N-dealkylation sites (tertiary alicyclic amines) is 1. The molecule has 27 heavy (non-hydrogen) atoms. The molecule has 1 fully saturated rings. The van der Waals surface area contributed by atoms with Crippen molar-refractivity contribution in [2.24, 2.45) is 0 Å². The standard InChI is InChI=1S/C21H23N3OS2/c25-20(13-17-15-27-21(23-17)16-7-2-1-3-8-16)22-14-18(19-9-6-12-26-19)24-10-4-5-11-24/h1-3,6-9,12,15,18H,4-5,10-11,13-14H2,(H,22,25). The smallest absolute Gasteiger partial charge is 0.226 e. The van der Waals surface area contributed by atoms with Gasteiger partial charge in [-0.05, 0) is 37.4 Å². The van der Waals surface area contributed by atoms with E-state index in [1.54, 1.807) is 22.7 Å². The highest BCUT2D eigenvalue weighted by Crippen LogP contribution is 2.28. The summed E-state index contributed by atoms with van der Waals surface area (Å²) in [6.07, 6.45) is 2.83. The maximum atomic E-state index is 12.5. The van der Waals surface area contributed by atoms with Gasteiger partial charge in [0.05, 0.1) is 18.2 Å². The van der Waals surface area contributed by atoms with Crippen molar-refractivity contribution in [3.63, 3.8) is 0 Å². The molecule has 0 saturated carbocycles. The summed E-state index contributed by atoms with van der Waals surface area (Å²) in [7, 11) is 0. The van der Waals surface area contributed by atoms with Gasteiger partial charge in [0.2, 0.25) is 5.91 Å². The minimum Gasteiger partial charge on any atom is -0.354 e. The summed E-state index contributed by atoms with van der Waals surface area (Å²) in [4.78, 5) is 20.9. The van der Waals surface area contributed by atoms with Crippen molar-refractivity contribution in [2.45, 2.75) is 25.3 Å². The SMILES string of the molecule is O=C(Cc1csc(-c2ccccc2)n1)NCC(c1cccs1)N1CCCC1. The molecule has 6 heteroatoms. The van der Waals surface area contributed by atoms with E-state index in [1.807, 2.05) is 35.7 Å². The Kier molecular flexibility index (Phi) is 5.97. The van der Waals surface area contributed by atoms with Gasteiger partial charge in [-0.25, -0.2) is 4.98 Å². The Morgan fingerprint density at radius 2 is 1.93 bits per heavy atom. The summed E-state index contributed by atoms with van der Waals surface area (Å²) in [6.45, 7) is 2.89. The van der Waals surface area contributed by atoms with Crippen LogP contribution < -0.4 is 5.32 Å². The van der Waals surface area contributed by atoms with E-state index in [9.17, 15) is 4.79 Å². The molecule has 1 aromatic carbocycles. The van der Waals surface area contributed by atoms with Gasteiger partial charge >= 0.3 is 0 Å². The lowest BCUT2D eigenvalue weighted by Crippen LogP contribution is -2.37. The van der Waals surface area contributed by atoms with Gasteiger partial charge in [-0.3, -0.25) is 9.69 Å². The third kappa shape index (κ3) is 4.64. The Hall–Kier alpha value is -2.02. The molecule has 1 aliphatic heterocycles. The zero-order valence-electron chi connectivity index (χ0n) is 15.1. The molecule has 1 amide bonds. The molecule has 1 saturated heterocycles. The Morgan fingerprint density at radius 3 is 2.67 bits per heavy atom. The topological polar surface area (TPSA) is 45.2 Å². The minimum atomic E-state index is 0.0423. The van der Waals surface area contributed by atoms with E-state index >= 15 is 0 Å². The van der Waals surface area contributed by atoms with E-state index < -0.39 is 0 Å². The molecule has 0 bridgehead atoms. The Labute approximate surface area is 167 Å². The van der Waals surface area contributed by atoms with Crippen molar-refractivity contribution in [3.8, 4) is 10.6 Å². The number of carbonyl (C=O) groups is 1. The van der Waals surface area contributed by atoms with Crippen LogP contribution in [0.3, 0.4) is 0 Å². The highest BCUT2D eigenvalue weighted by Gasteiger charge is 2.24. The van der Waals surface area contributed by atoms with Crippen LogP contribution in [0, 0.1) is 0 Å². The summed E-state index contributed by atoms with van der Waals surface area (Å²) in [5.74, 6) is 0.0423. The molecule has 1 aliphatic rings. The Balaban J connectivity index is 1.35. The van der Waals surface area contributed by atoms with Crippen molar-refractivity contribution in [1.82, 2.24) is 15.2 Å². The number of nitrogens with zero attached hydrogens (tertiary/aromatic N) is 2. The second-order valence-corrected chi connectivity index (χ2v) is 8.60. The molecule has 3 aromatic rings. The van der Waals surface area contributed by atoms with E-state index in [0.717, 1.165) is 29.4 Å². The first-order chi connectivity index (χ1) is 13.3. The highest BCUT2D eigenvalue weighted by molar-refractivity contribution is 7.13. The van der Waals surface area contributed by atoms with Crippen LogP contribution in [-0.4, -0.2) is 35.4 Å². The predicted octanol–water partition coefficient (Wildman–Crippen LogP) is 4.37. The van der Waals surface area contributed by atoms with Crippen LogP contribution in [0.15, 0.2) is 53.2 Å². The molecule has 3 heterocycles. The molecule has 140 valence electrons. The average Bonchev–Trinajstić information content (AvgIpc) is 3.46. The highest BCUT2D eigenvalue weighted by atomic mass is 32.1. The van der Waals surface area contributed by atoms with Crippen LogP contribution >= 0.6 is 22.7 Å². The number of hydrogen-bond acceptors (Lipinski definition) is 5. The Bertz CT molecular complexity index is 855. The van der Waals surface area contributed by atoms with Gasteiger partial charge in [0.25, 0.3) is 0 Å². The number of hydrogen-bond donors (Lipinski definition) is 1. The van der Waals surface area contributed by atoms with Crippen LogP contribution in [0.2, 0.25) is 0 Å². The predicted molar refractivity (Wildman–Crippen MR) is 112 cm³/mol. The molecule has 0 aliphatic carbocycles. The third-order valence-corrected chi connectivity index (χ3v) is 6.77. The maximum absolute atomic E-state index is 12.5. The fourth-order valence-corrected chi connectivity index (χ4v) is 5.17. The number of thiophene rings is 1. The molecular weight excluding hydrogens is 374 g/mol. The normalized spacial score (nSPS) is 15.7. The number of benzene rings is 1. The zero-order chi connectivity index (χ0) is 18.5. The summed E-state index contributed by atoms with van der Waals surface area (Å²) in [5, 5.41) is 8.20. The number of rotatable bonds is 7. The molecule has 0 spiro atoms. The van der Waals surface area contributed by atoms with Gasteiger partial charge in [-0.2, -0.15) is 0 Å². The lowest BCUT2D eigenvalue weighted by atomic mass is 10.2. The number of thiazole rings is 1. The van der Waals surface area contributed by atoms with E-state index in [2.05, 4.69) is 32.7 Å². The van der Waals surface area contributed by atoms with Crippen molar-refractivity contribution < 1.29 is 4.79 Å². The van der Waals surface area contributed by atoms with Crippen LogP contribution in [0.5, 0.6) is 0 Å². The second kappa shape index (κ2) is 8.78. The van der Waals surface area contributed by atoms with Gasteiger partial charge in [0, 0.05) is 22.4 Å². The van der Waals surface area contributed by atoms with Crippen LogP contribution in [0.25, 0.3) is 10.6 Å². The lowest BCUT2D eigenvalue weighted by Gasteiger charge is -2.26. The first-order valence-electron chi connectivity index (χ1n) is 9.33. The van der Waals surface area contributed by atoms with Crippen molar-refractivity contribution in [3.05, 3.63) is 63.8 Å². The molecule has 1 atom stereocenters. The molecular formula is C21H23N3OS2. The van der Waals surface area contributed by atoms with Crippen molar-refractivity contribution in [2.75, 3.05) is 19.6 Å². The van der Waals surface area contributed by atoms with E-state index in [1.165, 1.54) is 17.7 Å². The minimum absolute atomic E-state index is 0.0423. The first kappa shape index (κ1) is 18.3. The maximum Gasteiger partial charge on any atom is 0.226 e. The number of nitrogens with one attached hydrogen (secondary N) is 1. The van der Waals surface area contributed by atoms with Crippen molar-refractivity contribution >= 4 is 28.6 Å². The number of carbonyl (C=O) groups excluding carboxylic acids is 1. The molecule has 0 radical (unpaired) electrons. The van der Waals surface area contributed by atoms with Gasteiger partial charge in [0.15, 0.2) is 0 Å². The lowest BCUT2D eigenvalue weighted by molar-refractivity contribution is -0.120. The summed E-state index contributed by atoms with van der Waals surface area (Å²) < 4.78 is 0. The first-order valence-corrected chi connectivity index (χ1v) is 11.1. The monoisotopic (exact) mass is 397 g/mol. The zero-order valence-corrected chi connectivity index (χ0v) is 16.8. The van der Waals surface area contributed by atoms with Crippen molar-refractivity contribution in [1.29, 1.82) is 0 Å². The quantitative estimate of drug-likeness (QED) is 0.644. The molecule has 4 nitrogen and oxygen atoms in total. The van der Waals surface area contributed by atoms with E-state index in [0.29, 0.717) is 13.0 Å². The van der Waals surface area contributed by atoms with Gasteiger partial charge < -0.3 is 5.32 Å². The molecule has 1 unspecified atom stereocenters. The molecule has 2 aromatic heterocycles. The summed E-state index contributed by atoms with van der Waals surface area (Å²) in [5.41, 5.74) is 1.94. The van der Waals surface area contributed by atoms with E-state index in [4.69, 9.17) is 0 Å². The van der Waals surface area contributed by atoms with E-state index in [-0.39, 0.29) is 11.9 Å². The fourth-order valence-electron chi connectivity index (χ4n) is 3.48. The largest absolute Gasteiger partial charge is 0.354 e. The van der Waals surface area contributed by atoms with Gasteiger partial charge in [-0.15, -0.1) is 22.7 Å². The molecule has 1 N–H and O–H groups in total. The fraction of sp³-hybridized carbons (Fsp3) is 0.333. The summed E-state index contributed by atoms with van der Waals surface area (Å²) in [6, 6.07) is 14.6. The van der Waals surface area contributed by atoms with Crippen LogP contribution in [-0.2, 0) is 11.2 Å². The second-order valence-electron chi connectivity index (χ2n) is 6.77. The Morgan fingerprint density at radius 1 is 1.11 bits per heavy atom. The van der Waals surface area contributed by atoms with Crippen LogP contribution in [0.1, 0.15) is 29.5 Å². The number of aromatic nitrogens is 1. The summed E-state index contributed by atoms with van der Waals surface area (Å²) >= 11 is 3.36. The molecule has 4 rings (SSSR count). The van der Waals surface area contributed by atoms with Crippen LogP contribution in [0.4, 0.5) is 0 Å².